The summed E-state index contributed by atoms with van der Waals surface area (Å²) in [6.07, 6.45) is -3.11. The van der Waals surface area contributed by atoms with Gasteiger partial charge in [-0.15, -0.1) is 0 Å². The van der Waals surface area contributed by atoms with E-state index in [4.69, 9.17) is 5.73 Å². The predicted molar refractivity (Wildman–Crippen MR) is 74.2 cm³/mol. The summed E-state index contributed by atoms with van der Waals surface area (Å²) in [7, 11) is 0. The standard InChI is InChI=1S/C13H14F3N5/c14-13(15,16)7-18-11-5-12(20-8-19-11)21-10-3-1-2-9(4-10)6-17/h1-5,8H,6-7,17H2,(H2,18,19,20,21). The smallest absolute Gasteiger partial charge is 0.361 e. The Morgan fingerprint density at radius 1 is 1.10 bits per heavy atom. The Morgan fingerprint density at radius 3 is 2.57 bits per heavy atom. The zero-order valence-corrected chi connectivity index (χ0v) is 11.0. The quantitative estimate of drug-likeness (QED) is 0.791. The third kappa shape index (κ3) is 4.92. The van der Waals surface area contributed by atoms with E-state index >= 15 is 0 Å². The van der Waals surface area contributed by atoms with Gasteiger partial charge in [-0.1, -0.05) is 12.1 Å². The molecule has 1 aromatic heterocycles. The van der Waals surface area contributed by atoms with Gasteiger partial charge in [0.25, 0.3) is 0 Å². The Bertz CT molecular complexity index is 600. The zero-order chi connectivity index (χ0) is 15.3. The summed E-state index contributed by atoms with van der Waals surface area (Å²) in [4.78, 5) is 7.70. The molecule has 1 aromatic carbocycles. The minimum Gasteiger partial charge on any atom is -0.361 e. The first-order valence-corrected chi connectivity index (χ1v) is 6.15. The van der Waals surface area contributed by atoms with Crippen molar-refractivity contribution in [1.29, 1.82) is 0 Å². The van der Waals surface area contributed by atoms with Crippen LogP contribution in [0.25, 0.3) is 0 Å². The molecule has 0 spiro atoms. The van der Waals surface area contributed by atoms with Gasteiger partial charge in [-0.2, -0.15) is 13.2 Å². The number of anilines is 3. The molecule has 112 valence electrons. The van der Waals surface area contributed by atoms with E-state index in [1.54, 1.807) is 0 Å². The Labute approximate surface area is 119 Å². The third-order valence-corrected chi connectivity index (χ3v) is 2.57. The Kier molecular flexibility index (Phi) is 4.59. The number of benzene rings is 1. The van der Waals surface area contributed by atoms with E-state index in [9.17, 15) is 13.2 Å². The van der Waals surface area contributed by atoms with E-state index in [2.05, 4.69) is 20.6 Å². The van der Waals surface area contributed by atoms with E-state index in [1.807, 2.05) is 24.3 Å². The average Bonchev–Trinajstić information content (AvgIpc) is 2.45. The molecule has 0 bridgehead atoms. The summed E-state index contributed by atoms with van der Waals surface area (Å²) in [5.41, 5.74) is 7.23. The van der Waals surface area contributed by atoms with Gasteiger partial charge in [-0.25, -0.2) is 9.97 Å². The molecule has 0 saturated heterocycles. The zero-order valence-electron chi connectivity index (χ0n) is 11.0. The molecule has 8 heteroatoms. The molecule has 0 aliphatic rings. The van der Waals surface area contributed by atoms with Gasteiger partial charge in [0.2, 0.25) is 0 Å². The first kappa shape index (κ1) is 15.0. The molecule has 1 heterocycles. The second kappa shape index (κ2) is 6.40. The summed E-state index contributed by atoms with van der Waals surface area (Å²) in [5, 5.41) is 5.19. The Balaban J connectivity index is 2.06. The number of nitrogens with two attached hydrogens (primary N) is 1. The van der Waals surface area contributed by atoms with Crippen molar-refractivity contribution < 1.29 is 13.2 Å². The topological polar surface area (TPSA) is 75.9 Å². The first-order valence-electron chi connectivity index (χ1n) is 6.15. The highest BCUT2D eigenvalue weighted by Gasteiger charge is 2.26. The van der Waals surface area contributed by atoms with Crippen LogP contribution in [0, 0.1) is 0 Å². The molecule has 5 nitrogen and oxygen atoms in total. The number of hydrogen-bond acceptors (Lipinski definition) is 5. The minimum atomic E-state index is -4.30. The van der Waals surface area contributed by atoms with Crippen molar-refractivity contribution in [3.8, 4) is 0 Å². The maximum Gasteiger partial charge on any atom is 0.405 e. The van der Waals surface area contributed by atoms with Crippen molar-refractivity contribution in [2.75, 3.05) is 17.2 Å². The fraction of sp³-hybridized carbons (Fsp3) is 0.231. The van der Waals surface area contributed by atoms with Gasteiger partial charge < -0.3 is 16.4 Å². The van der Waals surface area contributed by atoms with Gasteiger partial charge in [0.15, 0.2) is 0 Å². The van der Waals surface area contributed by atoms with Crippen molar-refractivity contribution in [3.63, 3.8) is 0 Å². The summed E-state index contributed by atoms with van der Waals surface area (Å²) in [5.74, 6) is 0.489. The van der Waals surface area contributed by atoms with E-state index in [0.29, 0.717) is 12.4 Å². The lowest BCUT2D eigenvalue weighted by Gasteiger charge is -2.10. The van der Waals surface area contributed by atoms with Gasteiger partial charge in [0, 0.05) is 18.3 Å². The van der Waals surface area contributed by atoms with Gasteiger partial charge >= 0.3 is 6.18 Å². The summed E-state index contributed by atoms with van der Waals surface area (Å²) >= 11 is 0. The number of rotatable bonds is 5. The molecule has 21 heavy (non-hydrogen) atoms. The van der Waals surface area contributed by atoms with E-state index < -0.39 is 12.7 Å². The van der Waals surface area contributed by atoms with Gasteiger partial charge in [-0.3, -0.25) is 0 Å². The van der Waals surface area contributed by atoms with E-state index in [-0.39, 0.29) is 5.82 Å². The molecular formula is C13H14F3N5. The normalized spacial score (nSPS) is 11.2. The van der Waals surface area contributed by atoms with Gasteiger partial charge in [0.05, 0.1) is 0 Å². The lowest BCUT2D eigenvalue weighted by Crippen LogP contribution is -2.21. The molecule has 4 N–H and O–H groups in total. The second-order valence-corrected chi connectivity index (χ2v) is 4.29. The van der Waals surface area contributed by atoms with Crippen LogP contribution >= 0.6 is 0 Å². The van der Waals surface area contributed by atoms with Crippen LogP contribution in [0.1, 0.15) is 5.56 Å². The predicted octanol–water partition coefficient (Wildman–Crippen LogP) is 2.65. The maximum absolute atomic E-state index is 12.1. The number of nitrogens with one attached hydrogen (secondary N) is 2. The van der Waals surface area contributed by atoms with Crippen LogP contribution in [0.5, 0.6) is 0 Å². The summed E-state index contributed by atoms with van der Waals surface area (Å²) < 4.78 is 36.4. The summed E-state index contributed by atoms with van der Waals surface area (Å²) in [6, 6.07) is 8.76. The molecule has 2 aromatic rings. The number of nitrogens with zero attached hydrogens (tertiary/aromatic N) is 2. The van der Waals surface area contributed by atoms with Crippen LogP contribution in [0.3, 0.4) is 0 Å². The SMILES string of the molecule is NCc1cccc(Nc2cc(NCC(F)(F)F)ncn2)c1. The largest absolute Gasteiger partial charge is 0.405 e. The van der Waals surface area contributed by atoms with Gasteiger partial charge in [0.1, 0.15) is 24.5 Å². The van der Waals surface area contributed by atoms with Crippen molar-refractivity contribution in [2.24, 2.45) is 5.73 Å². The fourth-order valence-corrected chi connectivity index (χ4v) is 1.64. The molecule has 0 unspecified atom stereocenters. The molecule has 2 rings (SSSR count). The van der Waals surface area contributed by atoms with Crippen LogP contribution in [-0.4, -0.2) is 22.7 Å². The highest BCUT2D eigenvalue weighted by Crippen LogP contribution is 2.19. The van der Waals surface area contributed by atoms with Crippen molar-refractivity contribution in [1.82, 2.24) is 9.97 Å². The Hall–Kier alpha value is -2.35. The van der Waals surface area contributed by atoms with Crippen molar-refractivity contribution >= 4 is 17.3 Å². The van der Waals surface area contributed by atoms with Crippen molar-refractivity contribution in [3.05, 3.63) is 42.2 Å². The Morgan fingerprint density at radius 2 is 1.86 bits per heavy atom. The van der Waals surface area contributed by atoms with Crippen LogP contribution < -0.4 is 16.4 Å². The van der Waals surface area contributed by atoms with E-state index in [0.717, 1.165) is 11.3 Å². The van der Waals surface area contributed by atoms with Crippen molar-refractivity contribution in [2.45, 2.75) is 12.7 Å². The van der Waals surface area contributed by atoms with Gasteiger partial charge in [-0.05, 0) is 17.7 Å². The van der Waals surface area contributed by atoms with E-state index in [1.165, 1.54) is 12.4 Å². The second-order valence-electron chi connectivity index (χ2n) is 4.29. The van der Waals surface area contributed by atoms with Crippen LogP contribution in [0.15, 0.2) is 36.7 Å². The molecule has 0 aliphatic carbocycles. The molecule has 0 atom stereocenters. The van der Waals surface area contributed by atoms with Crippen LogP contribution in [0.2, 0.25) is 0 Å². The monoisotopic (exact) mass is 297 g/mol. The first-order chi connectivity index (χ1) is 9.96. The number of hydrogen-bond donors (Lipinski definition) is 3. The number of aromatic nitrogens is 2. The van der Waals surface area contributed by atoms with Crippen LogP contribution in [0.4, 0.5) is 30.5 Å². The average molecular weight is 297 g/mol. The summed E-state index contributed by atoms with van der Waals surface area (Å²) in [6.45, 7) is -0.746. The molecule has 0 radical (unpaired) electrons. The number of alkyl halides is 3. The van der Waals surface area contributed by atoms with Crippen LogP contribution in [-0.2, 0) is 6.54 Å². The number of halogens is 3. The highest BCUT2D eigenvalue weighted by molar-refractivity contribution is 5.59. The molecule has 0 aliphatic heterocycles. The minimum absolute atomic E-state index is 0.0970. The molecular weight excluding hydrogens is 283 g/mol. The molecule has 0 saturated carbocycles. The maximum atomic E-state index is 12.1. The third-order valence-electron chi connectivity index (χ3n) is 2.57. The lowest BCUT2D eigenvalue weighted by molar-refractivity contribution is -0.115. The highest BCUT2D eigenvalue weighted by atomic mass is 19.4. The molecule has 0 amide bonds. The lowest BCUT2D eigenvalue weighted by atomic mass is 10.2. The molecule has 0 fully saturated rings. The fourth-order valence-electron chi connectivity index (χ4n) is 1.64.